The summed E-state index contributed by atoms with van der Waals surface area (Å²) in [5.41, 5.74) is 0.476. The SMILES string of the molecule is COc1ccccc1C(=O)/C(C#N)=C\N(C)C. The number of ketones is 1. The number of allylic oxidation sites excluding steroid dienone is 1. The van der Waals surface area contributed by atoms with Gasteiger partial charge in [0.2, 0.25) is 5.78 Å². The van der Waals surface area contributed by atoms with E-state index in [2.05, 4.69) is 0 Å². The van der Waals surface area contributed by atoms with Crippen LogP contribution >= 0.6 is 0 Å². The van der Waals surface area contributed by atoms with Crippen LogP contribution in [0.2, 0.25) is 0 Å². The van der Waals surface area contributed by atoms with Crippen molar-refractivity contribution < 1.29 is 9.53 Å². The van der Waals surface area contributed by atoms with Crippen LogP contribution in [0, 0.1) is 11.3 Å². The van der Waals surface area contributed by atoms with Crippen molar-refractivity contribution in [2.24, 2.45) is 0 Å². The molecule has 1 rings (SSSR count). The molecule has 0 amide bonds. The normalized spacial score (nSPS) is 10.6. The summed E-state index contributed by atoms with van der Waals surface area (Å²) >= 11 is 0. The van der Waals surface area contributed by atoms with Crippen LogP contribution in [-0.2, 0) is 0 Å². The van der Waals surface area contributed by atoms with Crippen LogP contribution in [0.15, 0.2) is 36.0 Å². The van der Waals surface area contributed by atoms with Crippen molar-refractivity contribution in [1.82, 2.24) is 4.90 Å². The molecule has 0 bridgehead atoms. The van der Waals surface area contributed by atoms with Crippen molar-refractivity contribution in [3.63, 3.8) is 0 Å². The molecular formula is C13H14N2O2. The number of methoxy groups -OCH3 is 1. The fraction of sp³-hybridized carbons (Fsp3) is 0.231. The Hall–Kier alpha value is -2.28. The van der Waals surface area contributed by atoms with E-state index in [1.165, 1.54) is 13.3 Å². The van der Waals surface area contributed by atoms with Gasteiger partial charge in [0.05, 0.1) is 12.7 Å². The van der Waals surface area contributed by atoms with E-state index >= 15 is 0 Å². The molecule has 0 saturated heterocycles. The number of rotatable bonds is 4. The second-order valence-corrected chi connectivity index (χ2v) is 3.65. The molecule has 0 aliphatic rings. The summed E-state index contributed by atoms with van der Waals surface area (Å²) in [7, 11) is 5.01. The van der Waals surface area contributed by atoms with Crippen LogP contribution in [-0.4, -0.2) is 31.9 Å². The standard InChI is InChI=1S/C13H14N2O2/c1-15(2)9-10(8-14)13(16)11-6-4-5-7-12(11)17-3/h4-7,9H,1-3H3/b10-9-. The van der Waals surface area contributed by atoms with E-state index in [9.17, 15) is 4.79 Å². The maximum Gasteiger partial charge on any atom is 0.208 e. The molecule has 0 aliphatic carbocycles. The Bertz CT molecular complexity index is 484. The van der Waals surface area contributed by atoms with Crippen molar-refractivity contribution in [3.05, 3.63) is 41.6 Å². The van der Waals surface area contributed by atoms with E-state index < -0.39 is 0 Å². The van der Waals surface area contributed by atoms with Crippen LogP contribution in [0.5, 0.6) is 5.75 Å². The van der Waals surface area contributed by atoms with Gasteiger partial charge in [0.25, 0.3) is 0 Å². The molecule has 0 heterocycles. The number of ether oxygens (including phenoxy) is 1. The van der Waals surface area contributed by atoms with Crippen LogP contribution < -0.4 is 4.74 Å². The molecule has 0 atom stereocenters. The van der Waals surface area contributed by atoms with Crippen LogP contribution in [0.3, 0.4) is 0 Å². The van der Waals surface area contributed by atoms with Gasteiger partial charge in [-0.15, -0.1) is 0 Å². The largest absolute Gasteiger partial charge is 0.496 e. The summed E-state index contributed by atoms with van der Waals surface area (Å²) in [6.07, 6.45) is 1.49. The van der Waals surface area contributed by atoms with Crippen LogP contribution in [0.1, 0.15) is 10.4 Å². The molecule has 17 heavy (non-hydrogen) atoms. The number of carbonyl (C=O) groups is 1. The van der Waals surface area contributed by atoms with Crippen molar-refractivity contribution in [3.8, 4) is 11.8 Å². The Balaban J connectivity index is 3.16. The fourth-order valence-electron chi connectivity index (χ4n) is 1.37. The number of carbonyl (C=O) groups excluding carboxylic acids is 1. The van der Waals surface area contributed by atoms with Crippen LogP contribution in [0.25, 0.3) is 0 Å². The predicted molar refractivity (Wildman–Crippen MR) is 64.7 cm³/mol. The summed E-state index contributed by atoms with van der Waals surface area (Å²) in [5, 5.41) is 8.96. The second-order valence-electron chi connectivity index (χ2n) is 3.65. The molecule has 1 aromatic rings. The average Bonchev–Trinajstić information content (AvgIpc) is 2.34. The van der Waals surface area contributed by atoms with E-state index in [0.29, 0.717) is 11.3 Å². The van der Waals surface area contributed by atoms with Crippen molar-refractivity contribution in [2.45, 2.75) is 0 Å². The first-order chi connectivity index (χ1) is 8.10. The van der Waals surface area contributed by atoms with Gasteiger partial charge in [0.1, 0.15) is 17.4 Å². The lowest BCUT2D eigenvalue weighted by Gasteiger charge is -2.08. The summed E-state index contributed by atoms with van der Waals surface area (Å²) in [5.74, 6) is 0.135. The number of para-hydroxylation sites is 1. The molecule has 0 fully saturated rings. The Morgan fingerprint density at radius 3 is 2.59 bits per heavy atom. The van der Waals surface area contributed by atoms with Gasteiger partial charge < -0.3 is 9.64 Å². The van der Waals surface area contributed by atoms with Gasteiger partial charge >= 0.3 is 0 Å². The molecule has 0 radical (unpaired) electrons. The summed E-state index contributed by atoms with van der Waals surface area (Å²) < 4.78 is 5.10. The van der Waals surface area contributed by atoms with E-state index in [-0.39, 0.29) is 11.4 Å². The number of nitrogens with zero attached hydrogens (tertiary/aromatic N) is 2. The highest BCUT2D eigenvalue weighted by Gasteiger charge is 2.16. The molecule has 0 aliphatic heterocycles. The molecule has 4 nitrogen and oxygen atoms in total. The molecule has 0 N–H and O–H groups in total. The van der Waals surface area contributed by atoms with E-state index in [0.717, 1.165) is 0 Å². The third-order valence-electron chi connectivity index (χ3n) is 2.10. The molecule has 4 heteroatoms. The highest BCUT2D eigenvalue weighted by molar-refractivity contribution is 6.12. The zero-order valence-electron chi connectivity index (χ0n) is 10.1. The molecule has 0 unspecified atom stereocenters. The highest BCUT2D eigenvalue weighted by Crippen LogP contribution is 2.20. The first-order valence-corrected chi connectivity index (χ1v) is 5.06. The first kappa shape index (κ1) is 12.8. The number of benzene rings is 1. The van der Waals surface area contributed by atoms with Crippen LogP contribution in [0.4, 0.5) is 0 Å². The minimum atomic E-state index is -0.335. The molecular weight excluding hydrogens is 216 g/mol. The molecule has 0 aromatic heterocycles. The average molecular weight is 230 g/mol. The lowest BCUT2D eigenvalue weighted by Crippen LogP contribution is -2.09. The minimum absolute atomic E-state index is 0.0829. The van der Waals surface area contributed by atoms with E-state index in [4.69, 9.17) is 10.00 Å². The van der Waals surface area contributed by atoms with Gasteiger partial charge in [0, 0.05) is 20.3 Å². The number of Topliss-reactive ketones (excluding diaryl/α,β-unsaturated/α-hetero) is 1. The number of nitriles is 1. The lowest BCUT2D eigenvalue weighted by molar-refractivity contribution is 0.103. The van der Waals surface area contributed by atoms with Crippen molar-refractivity contribution in [2.75, 3.05) is 21.2 Å². The van der Waals surface area contributed by atoms with Gasteiger partial charge in [-0.1, -0.05) is 12.1 Å². The van der Waals surface area contributed by atoms with Gasteiger partial charge in [-0.25, -0.2) is 0 Å². The zero-order valence-corrected chi connectivity index (χ0v) is 10.1. The molecule has 0 spiro atoms. The molecule has 88 valence electrons. The van der Waals surface area contributed by atoms with Crippen molar-refractivity contribution >= 4 is 5.78 Å². The third kappa shape index (κ3) is 3.08. The highest BCUT2D eigenvalue weighted by atomic mass is 16.5. The van der Waals surface area contributed by atoms with Gasteiger partial charge in [-0.2, -0.15) is 5.26 Å². The second kappa shape index (κ2) is 5.71. The van der Waals surface area contributed by atoms with Gasteiger partial charge in [-0.3, -0.25) is 4.79 Å². The predicted octanol–water partition coefficient (Wildman–Crippen LogP) is 1.85. The Kier molecular flexibility index (Phi) is 4.29. The smallest absolute Gasteiger partial charge is 0.208 e. The monoisotopic (exact) mass is 230 g/mol. The van der Waals surface area contributed by atoms with E-state index in [1.807, 2.05) is 6.07 Å². The zero-order chi connectivity index (χ0) is 12.8. The minimum Gasteiger partial charge on any atom is -0.496 e. The summed E-state index contributed by atoms with van der Waals surface area (Å²) in [4.78, 5) is 13.8. The first-order valence-electron chi connectivity index (χ1n) is 5.06. The number of hydrogen-bond donors (Lipinski definition) is 0. The quantitative estimate of drug-likeness (QED) is 0.450. The summed E-state index contributed by atoms with van der Waals surface area (Å²) in [6.45, 7) is 0. The van der Waals surface area contributed by atoms with E-state index in [1.54, 1.807) is 43.3 Å². The Morgan fingerprint density at radius 1 is 1.41 bits per heavy atom. The Morgan fingerprint density at radius 2 is 2.06 bits per heavy atom. The third-order valence-corrected chi connectivity index (χ3v) is 2.10. The maximum atomic E-state index is 12.1. The molecule has 1 aromatic carbocycles. The summed E-state index contributed by atoms with van der Waals surface area (Å²) in [6, 6.07) is 8.74. The fourth-order valence-corrected chi connectivity index (χ4v) is 1.37. The maximum absolute atomic E-state index is 12.1. The van der Waals surface area contributed by atoms with Crippen molar-refractivity contribution in [1.29, 1.82) is 5.26 Å². The van der Waals surface area contributed by atoms with Gasteiger partial charge in [0.15, 0.2) is 0 Å². The molecule has 0 saturated carbocycles. The van der Waals surface area contributed by atoms with Gasteiger partial charge in [-0.05, 0) is 12.1 Å². The Labute approximate surface area is 101 Å². The lowest BCUT2D eigenvalue weighted by atomic mass is 10.0. The topological polar surface area (TPSA) is 53.3 Å². The number of hydrogen-bond acceptors (Lipinski definition) is 4.